The molecule has 0 bridgehead atoms. The van der Waals surface area contributed by atoms with Crippen molar-refractivity contribution in [2.24, 2.45) is 17.8 Å². The Labute approximate surface area is 405 Å². The van der Waals surface area contributed by atoms with Gasteiger partial charge in [-0.3, -0.25) is 19.2 Å². The quantitative estimate of drug-likeness (QED) is 0.0642. The smallest absolute Gasteiger partial charge is 0.410 e. The number of rotatable bonds is 13. The third kappa shape index (κ3) is 14.1. The van der Waals surface area contributed by atoms with E-state index in [1.807, 2.05) is 90.3 Å². The molecular weight excluding hydrogens is 855 g/mol. The number of fused-ring (bicyclic) bond motifs is 1. The summed E-state index contributed by atoms with van der Waals surface area (Å²) in [6.45, 7) is 18.6. The number of amides is 1. The van der Waals surface area contributed by atoms with Gasteiger partial charge in [-0.2, -0.15) is 0 Å². The second-order valence-electron chi connectivity index (χ2n) is 18.6. The lowest BCUT2D eigenvalue weighted by Gasteiger charge is -2.47. The molecule has 0 saturated carbocycles. The SMILES string of the molecule is C.C.C.C.C.C=CC[C@@H]1[C@H]2N(CCCCn3cc(-c4cccc(N)c4)nn3)C(=O)O[C@]2(C)[C@@H](CC)OC(=O)[C@H](C)C(=O)[C@H](C)[C@@H](O[C@@H]2OC(C)CC(N(C)C)C2O)[C@](C)(OC)C[C@@H](C)CN1C. The van der Waals surface area contributed by atoms with Crippen LogP contribution in [0.1, 0.15) is 124 Å². The fourth-order valence-corrected chi connectivity index (χ4v) is 10.1. The number of aliphatic hydroxyl groups excluding tert-OH is 1. The van der Waals surface area contributed by atoms with Crippen LogP contribution in [0.2, 0.25) is 0 Å². The number of aryl methyl sites for hydroxylation is 1. The molecule has 13 atom stereocenters. The Kier molecular flexibility index (Phi) is 25.2. The lowest BCUT2D eigenvalue weighted by atomic mass is 9.78. The average Bonchev–Trinajstić information content (AvgIpc) is 3.80. The van der Waals surface area contributed by atoms with E-state index in [1.165, 1.54) is 0 Å². The number of unbranched alkanes of at least 4 members (excludes halogenated alkanes) is 1. The van der Waals surface area contributed by atoms with Crippen molar-refractivity contribution in [3.05, 3.63) is 43.1 Å². The minimum atomic E-state index is -1.28. The van der Waals surface area contributed by atoms with Crippen molar-refractivity contribution in [2.75, 3.05) is 47.1 Å². The summed E-state index contributed by atoms with van der Waals surface area (Å²) in [7, 11) is 7.43. The van der Waals surface area contributed by atoms with E-state index in [0.717, 1.165) is 11.3 Å². The number of nitrogens with zero attached hydrogens (tertiary/aromatic N) is 6. The van der Waals surface area contributed by atoms with Gasteiger partial charge in [0.05, 0.1) is 30.0 Å². The highest BCUT2D eigenvalue weighted by atomic mass is 16.7. The summed E-state index contributed by atoms with van der Waals surface area (Å²) in [5.41, 5.74) is 5.89. The maximum Gasteiger partial charge on any atom is 0.410 e. The van der Waals surface area contributed by atoms with Gasteiger partial charge in [0.25, 0.3) is 0 Å². The molecule has 0 spiro atoms. The molecule has 4 heterocycles. The molecule has 0 aliphatic carbocycles. The van der Waals surface area contributed by atoms with Crippen LogP contribution in [0.15, 0.2) is 43.1 Å². The summed E-state index contributed by atoms with van der Waals surface area (Å²) in [4.78, 5) is 48.8. The number of ketones is 1. The van der Waals surface area contributed by atoms with Crippen LogP contribution in [-0.2, 0) is 39.8 Å². The van der Waals surface area contributed by atoms with Crippen molar-refractivity contribution in [1.82, 2.24) is 29.7 Å². The van der Waals surface area contributed by atoms with Crippen LogP contribution in [-0.4, -0.2) is 154 Å². The minimum absolute atomic E-state index is 0. The molecule has 3 fully saturated rings. The van der Waals surface area contributed by atoms with Crippen LogP contribution in [0.3, 0.4) is 0 Å². The molecule has 2 aromatic rings. The van der Waals surface area contributed by atoms with E-state index in [4.69, 9.17) is 29.4 Å². The summed E-state index contributed by atoms with van der Waals surface area (Å²) in [5, 5.41) is 20.2. The number of methoxy groups -OCH3 is 1. The zero-order valence-electron chi connectivity index (χ0n) is 38.9. The summed E-state index contributed by atoms with van der Waals surface area (Å²) < 4.78 is 33.7. The molecule has 3 N–H and O–H groups in total. The predicted octanol–water partition coefficient (Wildman–Crippen LogP) is 8.36. The Hall–Kier alpha value is -3.93. The van der Waals surface area contributed by atoms with E-state index in [-0.39, 0.29) is 61.2 Å². The largest absolute Gasteiger partial charge is 0.458 e. The summed E-state index contributed by atoms with van der Waals surface area (Å²) >= 11 is 0. The van der Waals surface area contributed by atoms with E-state index in [0.29, 0.717) is 63.8 Å². The first-order valence-electron chi connectivity index (χ1n) is 22.3. The third-order valence-electron chi connectivity index (χ3n) is 13.5. The maximum absolute atomic E-state index is 14.5. The van der Waals surface area contributed by atoms with E-state index in [9.17, 15) is 19.5 Å². The van der Waals surface area contributed by atoms with Crippen LogP contribution in [0.4, 0.5) is 10.5 Å². The molecule has 3 unspecified atom stereocenters. The van der Waals surface area contributed by atoms with Gasteiger partial charge in [0.2, 0.25) is 0 Å². The normalized spacial score (nSPS) is 32.9. The highest BCUT2D eigenvalue weighted by molar-refractivity contribution is 6.00. The first kappa shape index (κ1) is 63.1. The summed E-state index contributed by atoms with van der Waals surface area (Å²) in [5.74, 6) is -3.22. The van der Waals surface area contributed by atoms with Crippen molar-refractivity contribution in [3.8, 4) is 11.3 Å². The number of hydrogen-bond donors (Lipinski definition) is 2. The highest BCUT2D eigenvalue weighted by Crippen LogP contribution is 2.42. The second kappa shape index (κ2) is 26.7. The third-order valence-corrected chi connectivity index (χ3v) is 13.5. The Bertz CT molecular complexity index is 1850. The number of carbonyl (C=O) groups is 3. The van der Waals surface area contributed by atoms with Crippen LogP contribution in [0.5, 0.6) is 0 Å². The van der Waals surface area contributed by atoms with Crippen molar-refractivity contribution < 1.29 is 43.2 Å². The molecule has 3 aliphatic heterocycles. The van der Waals surface area contributed by atoms with E-state index >= 15 is 0 Å². The number of Topliss-reactive ketones (excluding diaryl/α,β-unsaturated/α-hetero) is 1. The number of carbonyl (C=O) groups excluding carboxylic acids is 3. The van der Waals surface area contributed by atoms with Crippen LogP contribution >= 0.6 is 0 Å². The van der Waals surface area contributed by atoms with Gasteiger partial charge < -0.3 is 44.3 Å². The van der Waals surface area contributed by atoms with Gasteiger partial charge in [0.15, 0.2) is 17.7 Å². The van der Waals surface area contributed by atoms with Gasteiger partial charge in [0.1, 0.15) is 23.8 Å². The molecule has 1 amide bonds. The van der Waals surface area contributed by atoms with Crippen molar-refractivity contribution in [1.29, 1.82) is 0 Å². The number of anilines is 1. The number of esters is 1. The predicted molar refractivity (Wildman–Crippen MR) is 269 cm³/mol. The van der Waals surface area contributed by atoms with Gasteiger partial charge >= 0.3 is 12.1 Å². The zero-order valence-corrected chi connectivity index (χ0v) is 38.9. The molecular formula is C51H93N7O9. The first-order chi connectivity index (χ1) is 29.3. The standard InChI is InChI=1S/C46H73N7O9.5CH4/c1-13-18-35-40-46(8,62-44(57)53(40)22-16-15-21-52-27-34(48-49-52)32-19-17-20-33(47)24-32)37(14-2)60-42(56)31(6)38(54)30(5)41(45(7,58-12)25-28(3)26-51(35)11)61-43-39(55)36(50(9)10)23-29(4)59-43;;;;;/h13,17,19-20,24,27-31,35-37,39-41,43,55H,1,14-16,18,21-23,25-26,47H2,2-12H3;5*1H4/t28-,29?,30+,31-,35-,36?,37-,39?,40-,41-,43+,45-,46-;;;;;/m1...../s1. The Morgan fingerprint density at radius 1 is 1.04 bits per heavy atom. The van der Waals surface area contributed by atoms with Gasteiger partial charge in [0, 0.05) is 56.0 Å². The van der Waals surface area contributed by atoms with Crippen LogP contribution in [0, 0.1) is 17.8 Å². The zero-order chi connectivity index (χ0) is 45.7. The Balaban J connectivity index is 0.00000871. The fraction of sp³-hybridized carbons (Fsp3) is 0.745. The lowest BCUT2D eigenvalue weighted by Crippen LogP contribution is -2.61. The molecule has 3 saturated heterocycles. The molecule has 1 aromatic heterocycles. The highest BCUT2D eigenvalue weighted by Gasteiger charge is 2.60. The molecule has 386 valence electrons. The molecule has 16 heteroatoms. The van der Waals surface area contributed by atoms with Crippen LogP contribution in [0.25, 0.3) is 11.3 Å². The van der Waals surface area contributed by atoms with Gasteiger partial charge in [-0.15, -0.1) is 11.7 Å². The number of aliphatic hydroxyl groups is 1. The molecule has 0 radical (unpaired) electrons. The number of nitrogen functional groups attached to an aromatic ring is 1. The van der Waals surface area contributed by atoms with E-state index in [1.54, 1.807) is 30.5 Å². The maximum atomic E-state index is 14.5. The average molecular weight is 948 g/mol. The van der Waals surface area contributed by atoms with Gasteiger partial charge in [-0.05, 0) is 105 Å². The monoisotopic (exact) mass is 948 g/mol. The number of aromatic nitrogens is 3. The molecule has 1 aromatic carbocycles. The number of ether oxygens (including phenoxy) is 5. The molecule has 3 aliphatic rings. The second-order valence-corrected chi connectivity index (χ2v) is 18.6. The van der Waals surface area contributed by atoms with Crippen molar-refractivity contribution >= 4 is 23.5 Å². The lowest BCUT2D eigenvalue weighted by molar-refractivity contribution is -0.295. The van der Waals surface area contributed by atoms with Gasteiger partial charge in [-0.1, -0.05) is 81.3 Å². The number of nitrogens with two attached hydrogens (primary N) is 1. The van der Waals surface area contributed by atoms with Crippen LogP contribution < -0.4 is 5.73 Å². The Morgan fingerprint density at radius 3 is 2.30 bits per heavy atom. The Morgan fingerprint density at radius 2 is 1.70 bits per heavy atom. The first-order valence-corrected chi connectivity index (χ1v) is 22.3. The van der Waals surface area contributed by atoms with Crippen molar-refractivity contribution in [3.63, 3.8) is 0 Å². The number of cyclic esters (lactones) is 1. The van der Waals surface area contributed by atoms with E-state index < -0.39 is 71.5 Å². The summed E-state index contributed by atoms with van der Waals surface area (Å²) in [6, 6.07) is 6.41. The molecule has 5 rings (SSSR count). The summed E-state index contributed by atoms with van der Waals surface area (Å²) in [6.07, 6.45) is 2.41. The number of hydrogen-bond acceptors (Lipinski definition) is 14. The number of benzene rings is 1. The minimum Gasteiger partial charge on any atom is -0.458 e. The molecule has 16 nitrogen and oxygen atoms in total. The van der Waals surface area contributed by atoms with Gasteiger partial charge in [-0.25, -0.2) is 4.79 Å². The topological polar surface area (TPSA) is 184 Å². The number of likely N-dealkylation sites (N-methyl/N-ethyl adjacent to an activating group) is 2. The van der Waals surface area contributed by atoms with E-state index in [2.05, 4.69) is 28.7 Å². The fourth-order valence-electron chi connectivity index (χ4n) is 10.1. The molecule has 67 heavy (non-hydrogen) atoms. The van der Waals surface area contributed by atoms with Crippen molar-refractivity contribution in [2.45, 2.75) is 191 Å².